The van der Waals surface area contributed by atoms with Crippen LogP contribution in [0.1, 0.15) is 43.5 Å². The highest BCUT2D eigenvalue weighted by molar-refractivity contribution is 5.90. The fourth-order valence-electron chi connectivity index (χ4n) is 4.57. The number of benzene rings is 3. The van der Waals surface area contributed by atoms with E-state index in [4.69, 9.17) is 14.6 Å². The predicted octanol–water partition coefficient (Wildman–Crippen LogP) is 6.79. The van der Waals surface area contributed by atoms with E-state index in [1.165, 1.54) is 30.3 Å². The number of rotatable bonds is 8. The number of aromatic carboxylic acids is 1. The summed E-state index contributed by atoms with van der Waals surface area (Å²) in [4.78, 5) is 25.7. The molecule has 0 spiro atoms. The lowest BCUT2D eigenvalue weighted by molar-refractivity contribution is -0.0268. The molecule has 8 nitrogen and oxygen atoms in total. The first-order valence-corrected chi connectivity index (χ1v) is 12.7. The zero-order valence-corrected chi connectivity index (χ0v) is 21.9. The average molecular weight is 559 g/mol. The maximum Gasteiger partial charge on any atom is 0.335 e. The van der Waals surface area contributed by atoms with Gasteiger partial charge in [-0.25, -0.2) is 22.8 Å². The number of piperidine rings is 1. The fourth-order valence-corrected chi connectivity index (χ4v) is 4.57. The highest BCUT2D eigenvalue weighted by atomic mass is 19.2. The molecule has 0 radical (unpaired) electrons. The summed E-state index contributed by atoms with van der Waals surface area (Å²) >= 11 is 0. The number of carboxylic acid groups (broad SMARTS) is 1. The highest BCUT2D eigenvalue weighted by Gasteiger charge is 2.34. The maximum absolute atomic E-state index is 14.5. The summed E-state index contributed by atoms with van der Waals surface area (Å²) in [6, 6.07) is 9.79. The van der Waals surface area contributed by atoms with E-state index in [1.807, 2.05) is 13.8 Å². The van der Waals surface area contributed by atoms with Crippen LogP contribution in [0.15, 0.2) is 54.6 Å². The first kappa shape index (κ1) is 28.8. The Morgan fingerprint density at radius 3 is 2.17 bits per heavy atom. The number of halogens is 3. The van der Waals surface area contributed by atoms with E-state index in [-0.39, 0.29) is 34.2 Å². The highest BCUT2D eigenvalue weighted by Crippen LogP contribution is 2.35. The number of ether oxygens (including phenoxy) is 2. The Morgan fingerprint density at radius 2 is 1.57 bits per heavy atom. The zero-order chi connectivity index (χ0) is 29.0. The van der Waals surface area contributed by atoms with Gasteiger partial charge in [-0.3, -0.25) is 0 Å². The van der Waals surface area contributed by atoms with Gasteiger partial charge in [-0.05, 0) is 55.5 Å². The number of carbonyl (C=O) groups is 2. The average Bonchev–Trinajstić information content (AvgIpc) is 2.87. The number of carboxylic acids is 1. The lowest BCUT2D eigenvalue weighted by atomic mass is 9.84. The minimum atomic E-state index is -1.31. The molecule has 0 bridgehead atoms. The van der Waals surface area contributed by atoms with Crippen LogP contribution < -0.4 is 14.8 Å². The number of aliphatic hydroxyl groups is 1. The number of urea groups is 1. The lowest BCUT2D eigenvalue weighted by Crippen LogP contribution is -2.48. The van der Waals surface area contributed by atoms with E-state index >= 15 is 0 Å². The monoisotopic (exact) mass is 558 g/mol. The summed E-state index contributed by atoms with van der Waals surface area (Å²) in [7, 11) is 0. The predicted molar refractivity (Wildman–Crippen MR) is 141 cm³/mol. The molecule has 4 rings (SSSR count). The molecule has 2 amide bonds. The number of hydrogen-bond donors (Lipinski definition) is 3. The van der Waals surface area contributed by atoms with Crippen molar-refractivity contribution in [1.29, 1.82) is 0 Å². The Hall–Kier alpha value is -4.25. The lowest BCUT2D eigenvalue weighted by Gasteiger charge is -2.39. The maximum atomic E-state index is 14.5. The van der Waals surface area contributed by atoms with E-state index in [1.54, 1.807) is 4.90 Å². The molecule has 3 aromatic rings. The Kier molecular flexibility index (Phi) is 8.53. The molecule has 1 heterocycles. The van der Waals surface area contributed by atoms with Crippen molar-refractivity contribution in [3.05, 3.63) is 77.6 Å². The number of likely N-dealkylation sites (tertiary alicyclic amines) is 1. The van der Waals surface area contributed by atoms with Gasteiger partial charge in [0.05, 0.1) is 11.2 Å². The van der Waals surface area contributed by atoms with Crippen LogP contribution in [0.2, 0.25) is 0 Å². The van der Waals surface area contributed by atoms with Crippen LogP contribution in [-0.4, -0.2) is 45.8 Å². The van der Waals surface area contributed by atoms with Gasteiger partial charge < -0.3 is 29.9 Å². The van der Waals surface area contributed by atoms with Gasteiger partial charge in [-0.1, -0.05) is 13.8 Å². The van der Waals surface area contributed by atoms with Crippen molar-refractivity contribution in [2.45, 2.75) is 38.7 Å². The molecule has 3 aromatic carbocycles. The summed E-state index contributed by atoms with van der Waals surface area (Å²) in [5, 5.41) is 22.6. The SMILES string of the molecule is CC(C)CC1(O)CCN(C(=O)Nc2cc(Oc3ccc(F)c(F)c3)cc(Oc3ccc(C(=O)O)cc3F)c2)CC1. The second kappa shape index (κ2) is 11.9. The van der Waals surface area contributed by atoms with Crippen molar-refractivity contribution >= 4 is 17.7 Å². The third-order valence-corrected chi connectivity index (χ3v) is 6.43. The van der Waals surface area contributed by atoms with Gasteiger partial charge >= 0.3 is 12.0 Å². The molecule has 3 N–H and O–H groups in total. The first-order valence-electron chi connectivity index (χ1n) is 12.7. The molecule has 212 valence electrons. The third kappa shape index (κ3) is 7.23. The molecule has 0 aliphatic carbocycles. The summed E-state index contributed by atoms with van der Waals surface area (Å²) in [5.74, 6) is -4.35. The van der Waals surface area contributed by atoms with Crippen molar-refractivity contribution in [3.8, 4) is 23.0 Å². The van der Waals surface area contributed by atoms with Crippen molar-refractivity contribution in [2.75, 3.05) is 18.4 Å². The largest absolute Gasteiger partial charge is 0.478 e. The quantitative estimate of drug-likeness (QED) is 0.281. The molecule has 1 aliphatic heterocycles. The van der Waals surface area contributed by atoms with Gasteiger partial charge in [0.1, 0.15) is 17.2 Å². The summed E-state index contributed by atoms with van der Waals surface area (Å²) in [5.41, 5.74) is -0.898. The van der Waals surface area contributed by atoms with E-state index < -0.39 is 35.1 Å². The second-order valence-corrected chi connectivity index (χ2v) is 10.2. The number of amides is 2. The fraction of sp³-hybridized carbons (Fsp3) is 0.310. The number of nitrogens with zero attached hydrogens (tertiary/aromatic N) is 1. The van der Waals surface area contributed by atoms with E-state index in [0.717, 1.165) is 24.3 Å². The molecule has 11 heteroatoms. The standard InChI is InChI=1S/C29H29F3N2O6/c1-17(2)16-29(38)7-9-34(10-8-29)28(37)33-19-12-21(39-20-4-5-23(30)24(31)15-20)14-22(13-19)40-26-6-3-18(27(35)36)11-25(26)32/h3-6,11-15,17,38H,7-10,16H2,1-2H3,(H,33,37)(H,35,36). The summed E-state index contributed by atoms with van der Waals surface area (Å²) in [6.07, 6.45) is 1.49. The van der Waals surface area contributed by atoms with E-state index in [0.29, 0.717) is 38.3 Å². The molecule has 1 fully saturated rings. The molecule has 1 aliphatic rings. The van der Waals surface area contributed by atoms with Crippen molar-refractivity contribution in [2.24, 2.45) is 5.92 Å². The van der Waals surface area contributed by atoms with Crippen LogP contribution in [0.4, 0.5) is 23.7 Å². The van der Waals surface area contributed by atoms with Gasteiger partial charge in [0.2, 0.25) is 0 Å². The minimum absolute atomic E-state index is 0.0160. The first-order chi connectivity index (χ1) is 18.9. The Morgan fingerprint density at radius 1 is 0.900 bits per heavy atom. The zero-order valence-electron chi connectivity index (χ0n) is 21.9. The summed E-state index contributed by atoms with van der Waals surface area (Å²) in [6.45, 7) is 4.73. The Bertz CT molecular complexity index is 1410. The second-order valence-electron chi connectivity index (χ2n) is 10.2. The Labute approximate surface area is 228 Å². The van der Waals surface area contributed by atoms with E-state index in [9.17, 15) is 27.9 Å². The van der Waals surface area contributed by atoms with Crippen LogP contribution in [0, 0.1) is 23.4 Å². The van der Waals surface area contributed by atoms with Crippen LogP contribution in [0.5, 0.6) is 23.0 Å². The van der Waals surface area contributed by atoms with Gasteiger partial charge in [0, 0.05) is 43.0 Å². The molecule has 1 saturated heterocycles. The van der Waals surface area contributed by atoms with Crippen LogP contribution >= 0.6 is 0 Å². The van der Waals surface area contributed by atoms with Crippen LogP contribution in [0.25, 0.3) is 0 Å². The molecular formula is C29H29F3N2O6. The van der Waals surface area contributed by atoms with Crippen molar-refractivity contribution < 1.29 is 42.4 Å². The molecule has 0 saturated carbocycles. The van der Waals surface area contributed by atoms with E-state index in [2.05, 4.69) is 5.32 Å². The van der Waals surface area contributed by atoms with Gasteiger partial charge in [0.25, 0.3) is 0 Å². The molecule has 0 aromatic heterocycles. The Balaban J connectivity index is 1.56. The van der Waals surface area contributed by atoms with Crippen molar-refractivity contribution in [1.82, 2.24) is 4.90 Å². The number of hydrogen-bond acceptors (Lipinski definition) is 5. The van der Waals surface area contributed by atoms with Gasteiger partial charge in [-0.2, -0.15) is 0 Å². The van der Waals surface area contributed by atoms with Crippen molar-refractivity contribution in [3.63, 3.8) is 0 Å². The molecule has 0 atom stereocenters. The molecule has 40 heavy (non-hydrogen) atoms. The molecule has 0 unspecified atom stereocenters. The molecular weight excluding hydrogens is 529 g/mol. The number of nitrogens with one attached hydrogen (secondary N) is 1. The van der Waals surface area contributed by atoms with Crippen LogP contribution in [0.3, 0.4) is 0 Å². The normalized spacial score (nSPS) is 14.6. The van der Waals surface area contributed by atoms with Crippen LogP contribution in [-0.2, 0) is 0 Å². The topological polar surface area (TPSA) is 108 Å². The third-order valence-electron chi connectivity index (χ3n) is 6.43. The number of carbonyl (C=O) groups excluding carboxylic acids is 1. The summed E-state index contributed by atoms with van der Waals surface area (Å²) < 4.78 is 52.9. The minimum Gasteiger partial charge on any atom is -0.478 e. The van der Waals surface area contributed by atoms with Gasteiger partial charge in [0.15, 0.2) is 23.2 Å². The smallest absolute Gasteiger partial charge is 0.335 e. The number of anilines is 1. The van der Waals surface area contributed by atoms with Gasteiger partial charge in [-0.15, -0.1) is 0 Å².